The summed E-state index contributed by atoms with van der Waals surface area (Å²) in [6.45, 7) is 5.77. The van der Waals surface area contributed by atoms with Crippen molar-refractivity contribution in [2.45, 2.75) is 39.2 Å². The normalized spacial score (nSPS) is 14.0. The molecule has 1 aromatic carbocycles. The molecule has 0 amide bonds. The number of rotatable bonds is 6. The van der Waals surface area contributed by atoms with Crippen LogP contribution >= 0.6 is 0 Å². The molecule has 4 heteroatoms. The van der Waals surface area contributed by atoms with Crippen LogP contribution in [0.4, 0.5) is 11.4 Å². The molecular weight excluding hydrogens is 228 g/mol. The molecule has 0 bridgehead atoms. The van der Waals surface area contributed by atoms with Gasteiger partial charge in [0.05, 0.1) is 5.60 Å². The Bertz CT molecular complexity index is 428. The SMILES string of the molecule is CCCC(C)(O)CNc1ccc(N)c(C(C)=O)c1. The van der Waals surface area contributed by atoms with Crippen molar-refractivity contribution in [3.8, 4) is 0 Å². The Morgan fingerprint density at radius 1 is 1.50 bits per heavy atom. The van der Waals surface area contributed by atoms with Gasteiger partial charge in [0.15, 0.2) is 5.78 Å². The monoisotopic (exact) mass is 250 g/mol. The topological polar surface area (TPSA) is 75.3 Å². The average Bonchev–Trinajstić information content (AvgIpc) is 2.27. The van der Waals surface area contributed by atoms with Crippen LogP contribution in [0.2, 0.25) is 0 Å². The third-order valence-electron chi connectivity index (χ3n) is 2.89. The molecule has 100 valence electrons. The zero-order valence-electron chi connectivity index (χ0n) is 11.3. The summed E-state index contributed by atoms with van der Waals surface area (Å²) in [5.74, 6) is -0.0588. The molecule has 0 aliphatic heterocycles. The van der Waals surface area contributed by atoms with Crippen LogP contribution in [0.1, 0.15) is 44.0 Å². The van der Waals surface area contributed by atoms with E-state index < -0.39 is 5.60 Å². The molecule has 4 nitrogen and oxygen atoms in total. The van der Waals surface area contributed by atoms with Gasteiger partial charge in [-0.15, -0.1) is 0 Å². The summed E-state index contributed by atoms with van der Waals surface area (Å²) in [4.78, 5) is 11.4. The lowest BCUT2D eigenvalue weighted by molar-refractivity contribution is 0.0637. The van der Waals surface area contributed by atoms with E-state index in [-0.39, 0.29) is 5.78 Å². The lowest BCUT2D eigenvalue weighted by atomic mass is 10.0. The van der Waals surface area contributed by atoms with Crippen LogP contribution < -0.4 is 11.1 Å². The average molecular weight is 250 g/mol. The molecule has 1 atom stereocenters. The number of benzene rings is 1. The van der Waals surface area contributed by atoms with Crippen molar-refractivity contribution in [3.63, 3.8) is 0 Å². The number of carbonyl (C=O) groups is 1. The highest BCUT2D eigenvalue weighted by atomic mass is 16.3. The lowest BCUT2D eigenvalue weighted by Crippen LogP contribution is -2.33. The summed E-state index contributed by atoms with van der Waals surface area (Å²) in [5.41, 5.74) is 6.76. The first-order valence-corrected chi connectivity index (χ1v) is 6.22. The van der Waals surface area contributed by atoms with Gasteiger partial charge in [0.25, 0.3) is 0 Å². The Balaban J connectivity index is 2.74. The van der Waals surface area contributed by atoms with Gasteiger partial charge in [-0.05, 0) is 38.5 Å². The minimum atomic E-state index is -0.744. The largest absolute Gasteiger partial charge is 0.398 e. The maximum absolute atomic E-state index is 11.4. The predicted molar refractivity (Wildman–Crippen MR) is 74.9 cm³/mol. The lowest BCUT2D eigenvalue weighted by Gasteiger charge is -2.23. The van der Waals surface area contributed by atoms with Gasteiger partial charge in [0, 0.05) is 23.5 Å². The summed E-state index contributed by atoms with van der Waals surface area (Å²) in [6.07, 6.45) is 1.66. The molecule has 0 heterocycles. The summed E-state index contributed by atoms with van der Waals surface area (Å²) >= 11 is 0. The van der Waals surface area contributed by atoms with Crippen LogP contribution in [-0.2, 0) is 0 Å². The van der Waals surface area contributed by atoms with Gasteiger partial charge >= 0.3 is 0 Å². The van der Waals surface area contributed by atoms with Gasteiger partial charge in [-0.25, -0.2) is 0 Å². The Kier molecular flexibility index (Phi) is 4.73. The molecule has 0 radical (unpaired) electrons. The Hall–Kier alpha value is -1.55. The highest BCUT2D eigenvalue weighted by Crippen LogP contribution is 2.20. The Morgan fingerprint density at radius 3 is 2.72 bits per heavy atom. The molecular formula is C14H22N2O2. The van der Waals surface area contributed by atoms with E-state index in [2.05, 4.69) is 5.32 Å². The molecule has 0 saturated carbocycles. The molecule has 4 N–H and O–H groups in total. The number of anilines is 2. The fourth-order valence-corrected chi connectivity index (χ4v) is 1.89. The summed E-state index contributed by atoms with van der Waals surface area (Å²) < 4.78 is 0. The number of ketones is 1. The quantitative estimate of drug-likeness (QED) is 0.535. The molecule has 18 heavy (non-hydrogen) atoms. The first kappa shape index (κ1) is 14.5. The maximum atomic E-state index is 11.4. The van der Waals surface area contributed by atoms with Crippen LogP contribution in [-0.4, -0.2) is 23.0 Å². The van der Waals surface area contributed by atoms with Crippen LogP contribution in [0, 0.1) is 0 Å². The fraction of sp³-hybridized carbons (Fsp3) is 0.500. The van der Waals surface area contributed by atoms with Crippen molar-refractivity contribution >= 4 is 17.2 Å². The molecule has 0 fully saturated rings. The number of hydrogen-bond acceptors (Lipinski definition) is 4. The van der Waals surface area contributed by atoms with E-state index in [1.807, 2.05) is 13.0 Å². The van der Waals surface area contributed by atoms with Crippen molar-refractivity contribution in [1.82, 2.24) is 0 Å². The first-order valence-electron chi connectivity index (χ1n) is 6.22. The van der Waals surface area contributed by atoms with Crippen molar-refractivity contribution in [2.75, 3.05) is 17.6 Å². The summed E-state index contributed by atoms with van der Waals surface area (Å²) in [7, 11) is 0. The zero-order chi connectivity index (χ0) is 13.8. The smallest absolute Gasteiger partial charge is 0.161 e. The minimum absolute atomic E-state index is 0.0588. The van der Waals surface area contributed by atoms with Gasteiger partial charge in [-0.2, -0.15) is 0 Å². The zero-order valence-corrected chi connectivity index (χ0v) is 11.3. The number of nitrogens with two attached hydrogens (primary N) is 1. The van der Waals surface area contributed by atoms with Crippen LogP contribution in [0.5, 0.6) is 0 Å². The van der Waals surface area contributed by atoms with E-state index in [0.29, 0.717) is 17.8 Å². The summed E-state index contributed by atoms with van der Waals surface area (Å²) in [6, 6.07) is 5.23. The number of nitrogens with one attached hydrogen (secondary N) is 1. The van der Waals surface area contributed by atoms with E-state index >= 15 is 0 Å². The fourth-order valence-electron chi connectivity index (χ4n) is 1.89. The number of nitrogen functional groups attached to an aromatic ring is 1. The molecule has 1 aromatic rings. The van der Waals surface area contributed by atoms with Crippen molar-refractivity contribution < 1.29 is 9.90 Å². The Morgan fingerprint density at radius 2 is 2.17 bits per heavy atom. The second-order valence-electron chi connectivity index (χ2n) is 4.96. The van der Waals surface area contributed by atoms with Gasteiger partial charge in [-0.1, -0.05) is 13.3 Å². The molecule has 0 aliphatic rings. The first-order chi connectivity index (χ1) is 8.35. The van der Waals surface area contributed by atoms with E-state index in [1.165, 1.54) is 6.92 Å². The van der Waals surface area contributed by atoms with Gasteiger partial charge < -0.3 is 16.2 Å². The van der Waals surface area contributed by atoms with Crippen molar-refractivity contribution in [3.05, 3.63) is 23.8 Å². The number of Topliss-reactive ketones (excluding diaryl/α,β-unsaturated/α-hetero) is 1. The van der Waals surface area contributed by atoms with E-state index in [4.69, 9.17) is 5.73 Å². The van der Waals surface area contributed by atoms with Crippen LogP contribution in [0.3, 0.4) is 0 Å². The molecule has 1 unspecified atom stereocenters. The van der Waals surface area contributed by atoms with Gasteiger partial charge in [0.2, 0.25) is 0 Å². The minimum Gasteiger partial charge on any atom is -0.398 e. The molecule has 0 aliphatic carbocycles. The highest BCUT2D eigenvalue weighted by molar-refractivity contribution is 6.00. The number of hydrogen-bond donors (Lipinski definition) is 3. The van der Waals surface area contributed by atoms with E-state index in [9.17, 15) is 9.90 Å². The van der Waals surface area contributed by atoms with Crippen LogP contribution in [0.15, 0.2) is 18.2 Å². The van der Waals surface area contributed by atoms with Gasteiger partial charge in [0.1, 0.15) is 0 Å². The van der Waals surface area contributed by atoms with Crippen molar-refractivity contribution in [2.24, 2.45) is 0 Å². The number of aliphatic hydroxyl groups is 1. The predicted octanol–water partition coefficient (Wildman–Crippen LogP) is 2.43. The van der Waals surface area contributed by atoms with Crippen molar-refractivity contribution in [1.29, 1.82) is 0 Å². The third kappa shape index (κ3) is 4.04. The maximum Gasteiger partial charge on any atom is 0.161 e. The molecule has 0 spiro atoms. The van der Waals surface area contributed by atoms with E-state index in [0.717, 1.165) is 18.5 Å². The molecule has 0 aromatic heterocycles. The Labute approximate surface area is 108 Å². The second-order valence-corrected chi connectivity index (χ2v) is 4.96. The highest BCUT2D eigenvalue weighted by Gasteiger charge is 2.18. The number of carbonyl (C=O) groups excluding carboxylic acids is 1. The summed E-state index contributed by atoms with van der Waals surface area (Å²) in [5, 5.41) is 13.2. The standard InChI is InChI=1S/C14H22N2O2/c1-4-7-14(3,18)9-16-11-5-6-13(15)12(8-11)10(2)17/h5-6,8,16,18H,4,7,9,15H2,1-3H3. The van der Waals surface area contributed by atoms with Gasteiger partial charge in [-0.3, -0.25) is 4.79 Å². The molecule has 0 saturated heterocycles. The second kappa shape index (κ2) is 5.87. The van der Waals surface area contributed by atoms with E-state index in [1.54, 1.807) is 19.1 Å². The third-order valence-corrected chi connectivity index (χ3v) is 2.89. The molecule has 1 rings (SSSR count). The van der Waals surface area contributed by atoms with Crippen LogP contribution in [0.25, 0.3) is 0 Å².